The molecular formula is C17H33NO2. The molecule has 1 unspecified atom stereocenters. The van der Waals surface area contributed by atoms with Crippen molar-refractivity contribution in [2.75, 3.05) is 13.1 Å². The van der Waals surface area contributed by atoms with Crippen molar-refractivity contribution in [1.82, 2.24) is 4.90 Å². The minimum Gasteiger partial charge on any atom is -0.444 e. The van der Waals surface area contributed by atoms with Crippen molar-refractivity contribution in [2.24, 2.45) is 17.8 Å². The van der Waals surface area contributed by atoms with E-state index in [2.05, 4.69) is 20.8 Å². The van der Waals surface area contributed by atoms with Crippen LogP contribution in [0.1, 0.15) is 67.2 Å². The second-order valence-electron chi connectivity index (χ2n) is 7.88. The molecule has 1 aliphatic rings. The van der Waals surface area contributed by atoms with Gasteiger partial charge in [0.15, 0.2) is 0 Å². The molecular weight excluding hydrogens is 250 g/mol. The number of hydrogen-bond donors (Lipinski definition) is 0. The molecule has 20 heavy (non-hydrogen) atoms. The molecule has 0 saturated carbocycles. The maximum absolute atomic E-state index is 12.0. The second-order valence-corrected chi connectivity index (χ2v) is 7.88. The molecule has 1 amide bonds. The fourth-order valence-electron chi connectivity index (χ4n) is 3.15. The summed E-state index contributed by atoms with van der Waals surface area (Å²) < 4.78 is 5.43. The van der Waals surface area contributed by atoms with Crippen molar-refractivity contribution >= 4 is 6.09 Å². The summed E-state index contributed by atoms with van der Waals surface area (Å²) in [6.45, 7) is 14.4. The van der Waals surface area contributed by atoms with Gasteiger partial charge in [-0.15, -0.1) is 0 Å². The highest BCUT2D eigenvalue weighted by atomic mass is 16.6. The topological polar surface area (TPSA) is 29.5 Å². The summed E-state index contributed by atoms with van der Waals surface area (Å²) in [5, 5.41) is 0. The molecule has 1 atom stereocenters. The smallest absolute Gasteiger partial charge is 0.410 e. The van der Waals surface area contributed by atoms with Gasteiger partial charge in [-0.05, 0) is 64.2 Å². The van der Waals surface area contributed by atoms with Gasteiger partial charge >= 0.3 is 6.09 Å². The summed E-state index contributed by atoms with van der Waals surface area (Å²) in [5.41, 5.74) is -0.389. The lowest BCUT2D eigenvalue weighted by Crippen LogP contribution is -2.41. The van der Waals surface area contributed by atoms with Gasteiger partial charge in [-0.25, -0.2) is 4.79 Å². The van der Waals surface area contributed by atoms with E-state index in [1.54, 1.807) is 0 Å². The van der Waals surface area contributed by atoms with Crippen LogP contribution in [-0.2, 0) is 4.74 Å². The number of rotatable bonds is 4. The van der Waals surface area contributed by atoms with Crippen LogP contribution in [0, 0.1) is 17.8 Å². The Bertz CT molecular complexity index is 299. The molecule has 0 N–H and O–H groups in total. The van der Waals surface area contributed by atoms with Crippen LogP contribution in [0.2, 0.25) is 0 Å². The highest BCUT2D eigenvalue weighted by Crippen LogP contribution is 2.27. The van der Waals surface area contributed by atoms with Crippen molar-refractivity contribution in [3.8, 4) is 0 Å². The molecule has 1 rings (SSSR count). The van der Waals surface area contributed by atoms with Crippen LogP contribution in [0.5, 0.6) is 0 Å². The van der Waals surface area contributed by atoms with Crippen molar-refractivity contribution in [1.29, 1.82) is 0 Å². The molecule has 1 heterocycles. The Balaban J connectivity index is 2.31. The number of carbonyl (C=O) groups excluding carboxylic acids is 1. The minimum absolute atomic E-state index is 0.147. The Hall–Kier alpha value is -0.730. The summed E-state index contributed by atoms with van der Waals surface area (Å²) in [7, 11) is 0. The Kier molecular flexibility index (Phi) is 6.35. The zero-order valence-corrected chi connectivity index (χ0v) is 14.2. The first-order valence-electron chi connectivity index (χ1n) is 8.15. The Morgan fingerprint density at radius 1 is 1.20 bits per heavy atom. The van der Waals surface area contributed by atoms with Gasteiger partial charge in [0.25, 0.3) is 0 Å². The van der Waals surface area contributed by atoms with Crippen LogP contribution in [0.3, 0.4) is 0 Å². The van der Waals surface area contributed by atoms with Crippen LogP contribution in [0.15, 0.2) is 0 Å². The van der Waals surface area contributed by atoms with Gasteiger partial charge in [0, 0.05) is 13.1 Å². The van der Waals surface area contributed by atoms with E-state index in [1.165, 1.54) is 12.8 Å². The molecule has 3 nitrogen and oxygen atoms in total. The molecule has 3 heteroatoms. The lowest BCUT2D eigenvalue weighted by atomic mass is 9.84. The standard InChI is InChI=1S/C17H33NO2/c1-13(2)11-14(3)12-15-7-9-18(10-8-15)16(19)20-17(4,5)6/h13-15H,7-12H2,1-6H3. The highest BCUT2D eigenvalue weighted by molar-refractivity contribution is 5.68. The van der Waals surface area contributed by atoms with E-state index in [9.17, 15) is 4.79 Å². The maximum atomic E-state index is 12.0. The summed E-state index contributed by atoms with van der Waals surface area (Å²) in [6.07, 6.45) is 4.72. The van der Waals surface area contributed by atoms with E-state index in [-0.39, 0.29) is 11.7 Å². The normalized spacial score (nSPS) is 19.2. The highest BCUT2D eigenvalue weighted by Gasteiger charge is 2.27. The SMILES string of the molecule is CC(C)CC(C)CC1CCN(C(=O)OC(C)(C)C)CC1. The van der Waals surface area contributed by atoms with E-state index in [0.717, 1.165) is 43.7 Å². The zero-order chi connectivity index (χ0) is 15.3. The first-order chi connectivity index (χ1) is 9.17. The minimum atomic E-state index is -0.389. The predicted octanol–water partition coefficient (Wildman–Crippen LogP) is 4.71. The number of hydrogen-bond acceptors (Lipinski definition) is 2. The van der Waals surface area contributed by atoms with E-state index >= 15 is 0 Å². The van der Waals surface area contributed by atoms with Crippen molar-refractivity contribution in [3.63, 3.8) is 0 Å². The van der Waals surface area contributed by atoms with E-state index in [4.69, 9.17) is 4.74 Å². The molecule has 0 bridgehead atoms. The van der Waals surface area contributed by atoms with Crippen molar-refractivity contribution in [3.05, 3.63) is 0 Å². The van der Waals surface area contributed by atoms with Crippen LogP contribution < -0.4 is 0 Å². The molecule has 0 aromatic heterocycles. The number of carbonyl (C=O) groups is 1. The van der Waals surface area contributed by atoms with Crippen LogP contribution >= 0.6 is 0 Å². The van der Waals surface area contributed by atoms with Gasteiger partial charge in [0.2, 0.25) is 0 Å². The quantitative estimate of drug-likeness (QED) is 0.748. The average molecular weight is 283 g/mol. The third kappa shape index (κ3) is 6.62. The van der Waals surface area contributed by atoms with Crippen molar-refractivity contribution < 1.29 is 9.53 Å². The van der Waals surface area contributed by atoms with E-state index < -0.39 is 0 Å². The summed E-state index contributed by atoms with van der Waals surface area (Å²) in [4.78, 5) is 13.9. The number of nitrogens with zero attached hydrogens (tertiary/aromatic N) is 1. The van der Waals surface area contributed by atoms with Crippen molar-refractivity contribution in [2.45, 2.75) is 72.8 Å². The molecule has 1 aliphatic heterocycles. The van der Waals surface area contributed by atoms with Crippen LogP contribution in [0.4, 0.5) is 4.79 Å². The molecule has 0 spiro atoms. The van der Waals surface area contributed by atoms with Crippen LogP contribution in [-0.4, -0.2) is 29.7 Å². The average Bonchev–Trinajstić information content (AvgIpc) is 2.26. The third-order valence-electron chi connectivity index (χ3n) is 3.88. The fraction of sp³-hybridized carbons (Fsp3) is 0.941. The number of piperidine rings is 1. The van der Waals surface area contributed by atoms with Gasteiger partial charge < -0.3 is 9.64 Å². The maximum Gasteiger partial charge on any atom is 0.410 e. The number of ether oxygens (including phenoxy) is 1. The fourth-order valence-corrected chi connectivity index (χ4v) is 3.15. The second kappa shape index (κ2) is 7.33. The summed E-state index contributed by atoms with van der Waals surface area (Å²) in [6, 6.07) is 0. The molecule has 0 aromatic carbocycles. The molecule has 1 saturated heterocycles. The van der Waals surface area contributed by atoms with E-state index in [1.807, 2.05) is 25.7 Å². The first kappa shape index (κ1) is 17.3. The molecule has 118 valence electrons. The lowest BCUT2D eigenvalue weighted by Gasteiger charge is -2.34. The first-order valence-corrected chi connectivity index (χ1v) is 8.15. The molecule has 0 radical (unpaired) electrons. The van der Waals surface area contributed by atoms with Gasteiger partial charge in [0.05, 0.1) is 0 Å². The van der Waals surface area contributed by atoms with Gasteiger partial charge in [-0.3, -0.25) is 0 Å². The predicted molar refractivity (Wildman–Crippen MR) is 83.8 cm³/mol. The van der Waals surface area contributed by atoms with Crippen LogP contribution in [0.25, 0.3) is 0 Å². The molecule has 0 aromatic rings. The zero-order valence-electron chi connectivity index (χ0n) is 14.2. The van der Waals surface area contributed by atoms with E-state index in [0.29, 0.717) is 0 Å². The lowest BCUT2D eigenvalue weighted by molar-refractivity contribution is 0.0175. The summed E-state index contributed by atoms with van der Waals surface area (Å²) >= 11 is 0. The molecule has 1 fully saturated rings. The largest absolute Gasteiger partial charge is 0.444 e. The monoisotopic (exact) mass is 283 g/mol. The van der Waals surface area contributed by atoms with Gasteiger partial charge in [-0.1, -0.05) is 20.8 Å². The Morgan fingerprint density at radius 2 is 1.75 bits per heavy atom. The summed E-state index contributed by atoms with van der Waals surface area (Å²) in [5.74, 6) is 2.36. The number of amides is 1. The Morgan fingerprint density at radius 3 is 2.20 bits per heavy atom. The van der Waals surface area contributed by atoms with Gasteiger partial charge in [0.1, 0.15) is 5.60 Å². The number of likely N-dealkylation sites (tertiary alicyclic amines) is 1. The third-order valence-corrected chi connectivity index (χ3v) is 3.88. The molecule has 0 aliphatic carbocycles. The van der Waals surface area contributed by atoms with Gasteiger partial charge in [-0.2, -0.15) is 0 Å². The Labute approximate surface area is 125 Å².